The predicted octanol–water partition coefficient (Wildman–Crippen LogP) is 4.49. The lowest BCUT2D eigenvalue weighted by Gasteiger charge is -2.12. The molecule has 1 aliphatic heterocycles. The maximum absolute atomic E-state index is 12.7. The van der Waals surface area contributed by atoms with E-state index in [1.54, 1.807) is 35.2 Å². The molecule has 0 radical (unpaired) electrons. The molecular weight excluding hydrogens is 332 g/mol. The van der Waals surface area contributed by atoms with Gasteiger partial charge in [-0.05, 0) is 42.5 Å². The Bertz CT molecular complexity index is 870. The van der Waals surface area contributed by atoms with Crippen LogP contribution in [0, 0.1) is 6.92 Å². The summed E-state index contributed by atoms with van der Waals surface area (Å²) in [6, 6.07) is 14.6. The van der Waals surface area contributed by atoms with Crippen LogP contribution in [0.2, 0.25) is 0 Å². The number of nitrogens with zero attached hydrogens (tertiary/aromatic N) is 2. The van der Waals surface area contributed by atoms with Gasteiger partial charge < -0.3 is 5.11 Å². The first-order valence-corrected chi connectivity index (χ1v) is 8.65. The molecule has 1 saturated heterocycles. The fourth-order valence-electron chi connectivity index (χ4n) is 2.37. The molecule has 2 aromatic rings. The van der Waals surface area contributed by atoms with E-state index < -0.39 is 0 Å². The van der Waals surface area contributed by atoms with Crippen LogP contribution in [-0.2, 0) is 4.79 Å². The molecule has 0 saturated carbocycles. The van der Waals surface area contributed by atoms with Gasteiger partial charge in [0, 0.05) is 12.6 Å². The minimum atomic E-state index is -0.0932. The van der Waals surface area contributed by atoms with Crippen LogP contribution in [0.5, 0.6) is 5.75 Å². The summed E-state index contributed by atoms with van der Waals surface area (Å²) in [4.78, 5) is 19.4. The molecule has 1 heterocycles. The number of carbonyl (C=O) groups excluding carboxylic acids is 1. The zero-order valence-corrected chi connectivity index (χ0v) is 14.7. The number of phenolic OH excluding ortho intramolecular Hbond substituents is 1. The van der Waals surface area contributed by atoms with Crippen molar-refractivity contribution in [3.05, 3.63) is 77.2 Å². The molecule has 1 amide bonds. The summed E-state index contributed by atoms with van der Waals surface area (Å²) >= 11 is 1.32. The Hall–Kier alpha value is -2.79. The van der Waals surface area contributed by atoms with E-state index >= 15 is 0 Å². The highest BCUT2D eigenvalue weighted by atomic mass is 32.2. The van der Waals surface area contributed by atoms with Gasteiger partial charge in [0.25, 0.3) is 5.91 Å². The third kappa shape index (κ3) is 4.00. The lowest BCUT2D eigenvalue weighted by molar-refractivity contribution is -0.121. The van der Waals surface area contributed by atoms with E-state index in [0.717, 1.165) is 5.56 Å². The van der Waals surface area contributed by atoms with Crippen molar-refractivity contribution in [2.24, 2.45) is 4.99 Å². The van der Waals surface area contributed by atoms with Crippen LogP contribution >= 0.6 is 11.8 Å². The van der Waals surface area contributed by atoms with Crippen molar-refractivity contribution in [2.75, 3.05) is 6.54 Å². The normalized spacial score (nSPS) is 17.5. The average Bonchev–Trinajstić information content (AvgIpc) is 2.86. The Morgan fingerprint density at radius 3 is 2.68 bits per heavy atom. The second-order valence-electron chi connectivity index (χ2n) is 5.64. The maximum Gasteiger partial charge on any atom is 0.267 e. The molecule has 0 aromatic heterocycles. The molecule has 2 aromatic carbocycles. The molecule has 0 spiro atoms. The Balaban J connectivity index is 1.94. The Kier molecular flexibility index (Phi) is 5.05. The lowest BCUT2D eigenvalue weighted by Crippen LogP contribution is -2.29. The Labute approximate surface area is 151 Å². The van der Waals surface area contributed by atoms with E-state index in [0.29, 0.717) is 22.3 Å². The molecule has 25 heavy (non-hydrogen) atoms. The number of aryl methyl sites for hydroxylation is 1. The van der Waals surface area contributed by atoms with E-state index in [-0.39, 0.29) is 11.7 Å². The van der Waals surface area contributed by atoms with Gasteiger partial charge in [0.1, 0.15) is 5.75 Å². The molecule has 1 aliphatic rings. The molecule has 126 valence electrons. The first kappa shape index (κ1) is 17.0. The van der Waals surface area contributed by atoms with Crippen molar-refractivity contribution in [3.63, 3.8) is 0 Å². The summed E-state index contributed by atoms with van der Waals surface area (Å²) < 4.78 is 0. The molecule has 1 N–H and O–H groups in total. The highest BCUT2D eigenvalue weighted by Crippen LogP contribution is 2.34. The van der Waals surface area contributed by atoms with E-state index in [4.69, 9.17) is 0 Å². The zero-order chi connectivity index (χ0) is 17.8. The highest BCUT2D eigenvalue weighted by molar-refractivity contribution is 8.18. The van der Waals surface area contributed by atoms with Crippen molar-refractivity contribution in [3.8, 4) is 5.75 Å². The van der Waals surface area contributed by atoms with Gasteiger partial charge in [-0.25, -0.2) is 4.99 Å². The van der Waals surface area contributed by atoms with E-state index in [1.807, 2.05) is 37.3 Å². The van der Waals surface area contributed by atoms with Crippen LogP contribution in [0.25, 0.3) is 6.08 Å². The zero-order valence-electron chi connectivity index (χ0n) is 13.8. The van der Waals surface area contributed by atoms with Crippen molar-refractivity contribution >= 4 is 34.6 Å². The van der Waals surface area contributed by atoms with Crippen LogP contribution in [0.1, 0.15) is 11.1 Å². The summed E-state index contributed by atoms with van der Waals surface area (Å²) in [5.74, 6) is 0.0474. The van der Waals surface area contributed by atoms with Gasteiger partial charge in [-0.1, -0.05) is 42.0 Å². The number of aromatic hydroxyl groups is 1. The third-order valence-electron chi connectivity index (χ3n) is 3.63. The van der Waals surface area contributed by atoms with Crippen molar-refractivity contribution in [2.45, 2.75) is 6.92 Å². The summed E-state index contributed by atoms with van der Waals surface area (Å²) in [5, 5.41) is 10.2. The van der Waals surface area contributed by atoms with Crippen LogP contribution in [0.15, 0.2) is 71.1 Å². The first-order valence-electron chi connectivity index (χ1n) is 7.83. The Morgan fingerprint density at radius 2 is 2.00 bits per heavy atom. The number of hydrogen-bond acceptors (Lipinski definition) is 4. The second-order valence-corrected chi connectivity index (χ2v) is 6.65. The molecular formula is C20H18N2O2S. The van der Waals surface area contributed by atoms with Crippen molar-refractivity contribution in [1.29, 1.82) is 0 Å². The number of hydrogen-bond donors (Lipinski definition) is 1. The molecule has 3 rings (SSSR count). The number of carbonyl (C=O) groups is 1. The number of benzene rings is 2. The minimum Gasteiger partial charge on any atom is -0.508 e. The van der Waals surface area contributed by atoms with Crippen LogP contribution in [0.3, 0.4) is 0 Å². The summed E-state index contributed by atoms with van der Waals surface area (Å²) in [7, 11) is 0. The molecule has 4 nitrogen and oxygen atoms in total. The van der Waals surface area contributed by atoms with Crippen molar-refractivity contribution < 1.29 is 9.90 Å². The van der Waals surface area contributed by atoms with Gasteiger partial charge in [0.2, 0.25) is 0 Å². The van der Waals surface area contributed by atoms with Gasteiger partial charge >= 0.3 is 0 Å². The third-order valence-corrected chi connectivity index (χ3v) is 4.64. The van der Waals surface area contributed by atoms with Crippen LogP contribution < -0.4 is 0 Å². The fourth-order valence-corrected chi connectivity index (χ4v) is 3.38. The molecule has 0 unspecified atom stereocenters. The maximum atomic E-state index is 12.7. The van der Waals surface area contributed by atoms with Crippen molar-refractivity contribution in [1.82, 2.24) is 4.90 Å². The first-order chi connectivity index (χ1) is 12.1. The van der Waals surface area contributed by atoms with E-state index in [9.17, 15) is 9.90 Å². The standard InChI is InChI=1S/C20H18N2O2S/c1-3-11-22-19(24)18(12-15-9-7-14(2)8-10-15)25-20(22)21-16-5-4-6-17(23)13-16/h3-10,12-13,23H,1,11H2,2H3/b18-12-,21-20?. The molecule has 1 fully saturated rings. The van der Waals surface area contributed by atoms with Gasteiger partial charge in [0.05, 0.1) is 10.6 Å². The number of rotatable bonds is 4. The van der Waals surface area contributed by atoms with Gasteiger partial charge in [0.15, 0.2) is 5.17 Å². The van der Waals surface area contributed by atoms with Gasteiger partial charge in [-0.2, -0.15) is 0 Å². The smallest absolute Gasteiger partial charge is 0.267 e. The largest absolute Gasteiger partial charge is 0.508 e. The lowest BCUT2D eigenvalue weighted by atomic mass is 10.1. The Morgan fingerprint density at radius 1 is 1.24 bits per heavy atom. The van der Waals surface area contributed by atoms with E-state index in [1.165, 1.54) is 17.3 Å². The topological polar surface area (TPSA) is 52.9 Å². The monoisotopic (exact) mass is 350 g/mol. The number of amides is 1. The molecule has 0 bridgehead atoms. The number of aliphatic imine (C=N–C) groups is 1. The fraction of sp³-hybridized carbons (Fsp3) is 0.100. The number of amidine groups is 1. The van der Waals surface area contributed by atoms with Crippen LogP contribution in [-0.4, -0.2) is 27.6 Å². The summed E-state index contributed by atoms with van der Waals surface area (Å²) in [6.45, 7) is 6.13. The molecule has 0 atom stereocenters. The molecule has 0 aliphatic carbocycles. The van der Waals surface area contributed by atoms with Gasteiger partial charge in [-0.15, -0.1) is 6.58 Å². The van der Waals surface area contributed by atoms with Gasteiger partial charge in [-0.3, -0.25) is 9.69 Å². The predicted molar refractivity (Wildman–Crippen MR) is 104 cm³/mol. The summed E-state index contributed by atoms with van der Waals surface area (Å²) in [5.41, 5.74) is 2.74. The minimum absolute atomic E-state index is 0.0932. The number of thioether (sulfide) groups is 1. The number of phenols is 1. The average molecular weight is 350 g/mol. The highest BCUT2D eigenvalue weighted by Gasteiger charge is 2.32. The van der Waals surface area contributed by atoms with E-state index in [2.05, 4.69) is 11.6 Å². The quantitative estimate of drug-likeness (QED) is 0.653. The summed E-state index contributed by atoms with van der Waals surface area (Å²) in [6.07, 6.45) is 3.54. The second kappa shape index (κ2) is 7.40. The molecule has 5 heteroatoms. The van der Waals surface area contributed by atoms with Crippen LogP contribution in [0.4, 0.5) is 5.69 Å². The SMILES string of the molecule is C=CCN1C(=O)/C(=C/c2ccc(C)cc2)SC1=Nc1cccc(O)c1.